The molecule has 0 nitrogen and oxygen atoms in total. The molecular weight excluding hydrogens is 96.1 g/mol. The Bertz CT molecular complexity index is 84.2. The van der Waals surface area contributed by atoms with E-state index in [1.165, 1.54) is 6.42 Å². The van der Waals surface area contributed by atoms with Gasteiger partial charge in [0.05, 0.1) is 0 Å². The van der Waals surface area contributed by atoms with Gasteiger partial charge in [0.1, 0.15) is 0 Å². The Balaban J connectivity index is 3.05. The summed E-state index contributed by atoms with van der Waals surface area (Å²) in [5.74, 6) is 0.805. The van der Waals surface area contributed by atoms with Crippen molar-refractivity contribution in [3.05, 3.63) is 18.4 Å². The average Bonchev–Trinajstić information content (AvgIpc) is 1.66. The van der Waals surface area contributed by atoms with E-state index in [2.05, 4.69) is 26.2 Å². The molecule has 46 valence electrons. The zero-order valence-corrected chi connectivity index (χ0v) is 5.78. The van der Waals surface area contributed by atoms with E-state index in [1.807, 2.05) is 6.08 Å². The van der Waals surface area contributed by atoms with Crippen LogP contribution in [0.2, 0.25) is 0 Å². The van der Waals surface area contributed by atoms with E-state index in [9.17, 15) is 0 Å². The lowest BCUT2D eigenvalue weighted by molar-refractivity contribution is 0.594. The van der Waals surface area contributed by atoms with Crippen molar-refractivity contribution in [3.8, 4) is 0 Å². The molecule has 0 aromatic rings. The Hall–Kier alpha value is -0.480. The van der Waals surface area contributed by atoms with Gasteiger partial charge in [-0.2, -0.15) is 0 Å². The molecule has 0 radical (unpaired) electrons. The van der Waals surface area contributed by atoms with Crippen LogP contribution in [0.25, 0.3) is 0 Å². The van der Waals surface area contributed by atoms with Crippen molar-refractivity contribution in [2.75, 3.05) is 0 Å². The zero-order valence-electron chi connectivity index (χ0n) is 5.78. The maximum Gasteiger partial charge on any atom is -0.0272 e. The lowest BCUT2D eigenvalue weighted by Gasteiger charge is -1.96. The van der Waals surface area contributed by atoms with Crippen LogP contribution < -0.4 is 0 Å². The molecule has 0 saturated heterocycles. The minimum Gasteiger partial charge on any atom is -0.133 e. The Kier molecular flexibility index (Phi) is 4.39. The molecule has 0 aliphatic carbocycles. The molecule has 0 aliphatic heterocycles. The third-order valence-corrected chi connectivity index (χ3v) is 1.03. The predicted molar refractivity (Wildman–Crippen MR) is 37.8 cm³/mol. The van der Waals surface area contributed by atoms with Gasteiger partial charge in [-0.15, -0.1) is 5.73 Å². The number of allylic oxidation sites excluding steroid dienone is 1. The highest BCUT2D eigenvalue weighted by Crippen LogP contribution is 2.02. The molecule has 0 atom stereocenters. The summed E-state index contributed by atoms with van der Waals surface area (Å²) in [6, 6.07) is 0. The van der Waals surface area contributed by atoms with Crippen LogP contribution in [-0.4, -0.2) is 0 Å². The second-order valence-electron chi connectivity index (χ2n) is 2.38. The summed E-state index contributed by atoms with van der Waals surface area (Å²) in [4.78, 5) is 0. The molecule has 0 aliphatic rings. The van der Waals surface area contributed by atoms with Gasteiger partial charge in [-0.25, -0.2) is 0 Å². The van der Waals surface area contributed by atoms with Gasteiger partial charge in [-0.05, 0) is 24.8 Å². The van der Waals surface area contributed by atoms with Gasteiger partial charge in [0.15, 0.2) is 0 Å². The van der Waals surface area contributed by atoms with Crippen molar-refractivity contribution >= 4 is 0 Å². The first kappa shape index (κ1) is 7.52. The Morgan fingerprint density at radius 1 is 1.62 bits per heavy atom. The first-order chi connectivity index (χ1) is 3.77. The molecule has 0 bridgehead atoms. The van der Waals surface area contributed by atoms with Crippen LogP contribution in [0, 0.1) is 5.92 Å². The van der Waals surface area contributed by atoms with E-state index < -0.39 is 0 Å². The van der Waals surface area contributed by atoms with E-state index in [0.29, 0.717) is 0 Å². The van der Waals surface area contributed by atoms with Crippen molar-refractivity contribution in [2.45, 2.75) is 26.7 Å². The molecule has 0 aromatic carbocycles. The van der Waals surface area contributed by atoms with Gasteiger partial charge in [-0.3, -0.25) is 0 Å². The van der Waals surface area contributed by atoms with Crippen LogP contribution >= 0.6 is 0 Å². The SMILES string of the molecule is C=C=CCCC(C)C. The van der Waals surface area contributed by atoms with Crippen molar-refractivity contribution in [1.82, 2.24) is 0 Å². The quantitative estimate of drug-likeness (QED) is 0.490. The van der Waals surface area contributed by atoms with E-state index in [0.717, 1.165) is 12.3 Å². The molecule has 0 heteroatoms. The van der Waals surface area contributed by atoms with E-state index in [4.69, 9.17) is 0 Å². The summed E-state index contributed by atoms with van der Waals surface area (Å²) in [6.07, 6.45) is 4.36. The molecule has 0 rings (SSSR count). The highest BCUT2D eigenvalue weighted by molar-refractivity contribution is 4.75. The van der Waals surface area contributed by atoms with Crippen LogP contribution in [0.15, 0.2) is 18.4 Å². The maximum atomic E-state index is 3.48. The van der Waals surface area contributed by atoms with Gasteiger partial charge < -0.3 is 0 Å². The first-order valence-electron chi connectivity index (χ1n) is 3.11. The van der Waals surface area contributed by atoms with Gasteiger partial charge >= 0.3 is 0 Å². The molecule has 0 heterocycles. The van der Waals surface area contributed by atoms with E-state index in [-0.39, 0.29) is 0 Å². The lowest BCUT2D eigenvalue weighted by Crippen LogP contribution is -1.82. The normalized spacial score (nSPS) is 8.88. The minimum atomic E-state index is 0.805. The Labute approximate surface area is 51.9 Å². The zero-order chi connectivity index (χ0) is 6.41. The highest BCUT2D eigenvalue weighted by Gasteiger charge is 1.87. The highest BCUT2D eigenvalue weighted by atomic mass is 13.9. The molecule has 0 fully saturated rings. The van der Waals surface area contributed by atoms with E-state index in [1.54, 1.807) is 0 Å². The molecule has 0 unspecified atom stereocenters. The Morgan fingerprint density at radius 2 is 2.25 bits per heavy atom. The van der Waals surface area contributed by atoms with Crippen molar-refractivity contribution < 1.29 is 0 Å². The van der Waals surface area contributed by atoms with Crippen LogP contribution in [-0.2, 0) is 0 Å². The van der Waals surface area contributed by atoms with Crippen LogP contribution in [0.1, 0.15) is 26.7 Å². The summed E-state index contributed by atoms with van der Waals surface area (Å²) >= 11 is 0. The third-order valence-electron chi connectivity index (χ3n) is 1.03. The van der Waals surface area contributed by atoms with Crippen LogP contribution in [0.4, 0.5) is 0 Å². The number of rotatable bonds is 3. The lowest BCUT2D eigenvalue weighted by atomic mass is 10.1. The van der Waals surface area contributed by atoms with E-state index >= 15 is 0 Å². The largest absolute Gasteiger partial charge is 0.133 e. The fourth-order valence-corrected chi connectivity index (χ4v) is 0.519. The fraction of sp³-hybridized carbons (Fsp3) is 0.625. The average molecular weight is 110 g/mol. The second-order valence-corrected chi connectivity index (χ2v) is 2.38. The van der Waals surface area contributed by atoms with Crippen molar-refractivity contribution in [3.63, 3.8) is 0 Å². The molecule has 0 N–H and O–H groups in total. The van der Waals surface area contributed by atoms with Crippen molar-refractivity contribution in [2.24, 2.45) is 5.92 Å². The van der Waals surface area contributed by atoms with Gasteiger partial charge in [0, 0.05) is 0 Å². The molecule has 0 aromatic heterocycles. The number of hydrogen-bond donors (Lipinski definition) is 0. The predicted octanol–water partition coefficient (Wildman–Crippen LogP) is 2.76. The minimum absolute atomic E-state index is 0.805. The van der Waals surface area contributed by atoms with Crippen molar-refractivity contribution in [1.29, 1.82) is 0 Å². The Morgan fingerprint density at radius 3 is 2.62 bits per heavy atom. The monoisotopic (exact) mass is 110 g/mol. The molecule has 0 amide bonds. The van der Waals surface area contributed by atoms with Gasteiger partial charge in [0.25, 0.3) is 0 Å². The summed E-state index contributed by atoms with van der Waals surface area (Å²) in [7, 11) is 0. The standard InChI is InChI=1S/C8H14/c1-4-5-6-7-8(2)3/h5,8H,1,6-7H2,2-3H3. The molecular formula is C8H14. The summed E-state index contributed by atoms with van der Waals surface area (Å²) < 4.78 is 0. The summed E-state index contributed by atoms with van der Waals surface area (Å²) in [6.45, 7) is 7.92. The summed E-state index contributed by atoms with van der Waals surface area (Å²) in [5.41, 5.74) is 2.75. The second kappa shape index (κ2) is 4.67. The molecule has 0 spiro atoms. The fourth-order valence-electron chi connectivity index (χ4n) is 0.519. The first-order valence-corrected chi connectivity index (χ1v) is 3.11. The van der Waals surface area contributed by atoms with Gasteiger partial charge in [-0.1, -0.05) is 20.4 Å². The summed E-state index contributed by atoms with van der Waals surface area (Å²) in [5, 5.41) is 0. The smallest absolute Gasteiger partial charge is 0.0272 e. The van der Waals surface area contributed by atoms with Crippen LogP contribution in [0.5, 0.6) is 0 Å². The number of hydrogen-bond acceptors (Lipinski definition) is 0. The molecule has 8 heavy (non-hydrogen) atoms. The molecule has 0 saturated carbocycles. The topological polar surface area (TPSA) is 0 Å². The third kappa shape index (κ3) is 5.52. The van der Waals surface area contributed by atoms with Crippen LogP contribution in [0.3, 0.4) is 0 Å². The van der Waals surface area contributed by atoms with Gasteiger partial charge in [0.2, 0.25) is 0 Å². The maximum absolute atomic E-state index is 3.48.